The Labute approximate surface area is 266 Å². The predicted molar refractivity (Wildman–Crippen MR) is 193 cm³/mol. The fourth-order valence-electron chi connectivity index (χ4n) is 6.96. The molecule has 3 heteroatoms. The molecule has 0 saturated carbocycles. The summed E-state index contributed by atoms with van der Waals surface area (Å²) in [4.78, 5) is 2.14. The number of rotatable bonds is 3. The Balaban J connectivity index is 1.19. The van der Waals surface area contributed by atoms with Gasteiger partial charge in [-0.25, -0.2) is 0 Å². The molecule has 1 nitrogen and oxygen atoms in total. The lowest BCUT2D eigenvalue weighted by Crippen LogP contribution is -2.30. The second kappa shape index (κ2) is 10.3. The van der Waals surface area contributed by atoms with Crippen molar-refractivity contribution < 1.29 is 4.57 Å². The molecule has 1 atom stereocenters. The molecular formula is C42H27OPS. The minimum Gasteiger partial charge on any atom is -0.309 e. The number of fused-ring (bicyclic) bond motifs is 8. The van der Waals surface area contributed by atoms with Crippen molar-refractivity contribution in [1.82, 2.24) is 0 Å². The van der Waals surface area contributed by atoms with Crippen LogP contribution < -0.4 is 15.9 Å². The Kier molecular flexibility index (Phi) is 6.10. The number of benzene rings is 8. The van der Waals surface area contributed by atoms with E-state index in [1.54, 1.807) is 11.8 Å². The summed E-state index contributed by atoms with van der Waals surface area (Å²) in [6.45, 7) is 0. The van der Waals surface area contributed by atoms with E-state index in [4.69, 9.17) is 0 Å². The maximum absolute atomic E-state index is 15.3. The van der Waals surface area contributed by atoms with Gasteiger partial charge in [0, 0.05) is 25.7 Å². The summed E-state index contributed by atoms with van der Waals surface area (Å²) in [5.41, 5.74) is 4.53. The van der Waals surface area contributed by atoms with Crippen LogP contribution in [0.4, 0.5) is 0 Å². The molecule has 0 radical (unpaired) electrons. The summed E-state index contributed by atoms with van der Waals surface area (Å²) in [7, 11) is -3.06. The molecule has 45 heavy (non-hydrogen) atoms. The largest absolute Gasteiger partial charge is 0.309 e. The Morgan fingerprint density at radius 1 is 0.356 bits per heavy atom. The van der Waals surface area contributed by atoms with Crippen LogP contribution in [0.2, 0.25) is 0 Å². The van der Waals surface area contributed by atoms with Crippen molar-refractivity contribution in [2.75, 3.05) is 0 Å². The summed E-state index contributed by atoms with van der Waals surface area (Å²) in [5.74, 6) is 0. The summed E-state index contributed by atoms with van der Waals surface area (Å²) < 4.78 is 15.3. The van der Waals surface area contributed by atoms with Gasteiger partial charge < -0.3 is 4.57 Å². The standard InChI is InChI=1S/C42H27OPS/c43-44(32-13-2-1-3-14-32)39-19-8-9-20-41(39)45-42-24-22-31(27-40(42)44)29-12-10-11-28(25-29)30-21-23-37-35-17-5-4-15-33(35)34-16-6-7-18-36(34)38(37)26-30/h1-27H. The van der Waals surface area contributed by atoms with Gasteiger partial charge in [-0.1, -0.05) is 139 Å². The van der Waals surface area contributed by atoms with E-state index in [-0.39, 0.29) is 0 Å². The SMILES string of the molecule is O=P1(c2ccccc2)c2ccccc2Sc2ccc(-c3cccc(-c4ccc5c6ccccc6c6ccccc6c5c4)c3)cc21. The summed E-state index contributed by atoms with van der Waals surface area (Å²) in [5, 5.41) is 10.4. The maximum atomic E-state index is 15.3. The average Bonchev–Trinajstić information content (AvgIpc) is 3.12. The first-order chi connectivity index (χ1) is 22.2. The van der Waals surface area contributed by atoms with Crippen molar-refractivity contribution in [3.05, 3.63) is 164 Å². The van der Waals surface area contributed by atoms with Crippen molar-refractivity contribution in [1.29, 1.82) is 0 Å². The van der Waals surface area contributed by atoms with Crippen molar-refractivity contribution in [2.24, 2.45) is 0 Å². The highest BCUT2D eigenvalue weighted by atomic mass is 32.2. The highest BCUT2D eigenvalue weighted by molar-refractivity contribution is 8.02. The topological polar surface area (TPSA) is 17.1 Å². The lowest BCUT2D eigenvalue weighted by molar-refractivity contribution is 0.591. The van der Waals surface area contributed by atoms with Gasteiger partial charge >= 0.3 is 0 Å². The van der Waals surface area contributed by atoms with Crippen LogP contribution in [0.15, 0.2) is 174 Å². The molecule has 8 aromatic rings. The van der Waals surface area contributed by atoms with Crippen LogP contribution in [0.3, 0.4) is 0 Å². The Morgan fingerprint density at radius 2 is 0.867 bits per heavy atom. The van der Waals surface area contributed by atoms with Gasteiger partial charge in [0.25, 0.3) is 0 Å². The molecule has 1 aliphatic rings. The molecule has 212 valence electrons. The molecule has 0 spiro atoms. The van der Waals surface area contributed by atoms with Crippen molar-refractivity contribution in [3.8, 4) is 22.3 Å². The number of hydrogen-bond acceptors (Lipinski definition) is 2. The van der Waals surface area contributed by atoms with E-state index in [0.29, 0.717) is 0 Å². The molecule has 1 unspecified atom stereocenters. The smallest absolute Gasteiger partial charge is 0.173 e. The third-order valence-electron chi connectivity index (χ3n) is 9.12. The first kappa shape index (κ1) is 26.5. The first-order valence-electron chi connectivity index (χ1n) is 15.2. The van der Waals surface area contributed by atoms with Crippen LogP contribution in [0, 0.1) is 0 Å². The average molecular weight is 611 g/mol. The molecule has 0 aliphatic carbocycles. The number of hydrogen-bond donors (Lipinski definition) is 0. The Morgan fingerprint density at radius 3 is 1.58 bits per heavy atom. The minimum absolute atomic E-state index is 0.876. The summed E-state index contributed by atoms with van der Waals surface area (Å²) in [6, 6.07) is 57.7. The molecule has 0 N–H and O–H groups in total. The molecule has 8 aromatic carbocycles. The van der Waals surface area contributed by atoms with Crippen molar-refractivity contribution >= 4 is 67.1 Å². The zero-order valence-electron chi connectivity index (χ0n) is 24.4. The lowest BCUT2D eigenvalue weighted by Gasteiger charge is -2.29. The molecule has 0 fully saturated rings. The predicted octanol–water partition coefficient (Wildman–Crippen LogP) is 10.6. The van der Waals surface area contributed by atoms with Gasteiger partial charge in [0.2, 0.25) is 0 Å². The minimum atomic E-state index is -3.06. The van der Waals surface area contributed by atoms with E-state index < -0.39 is 7.14 Å². The molecule has 1 heterocycles. The van der Waals surface area contributed by atoms with Gasteiger partial charge in [-0.05, 0) is 91.0 Å². The van der Waals surface area contributed by atoms with Crippen molar-refractivity contribution in [3.63, 3.8) is 0 Å². The van der Waals surface area contributed by atoms with Crippen LogP contribution in [-0.4, -0.2) is 0 Å². The summed E-state index contributed by atoms with van der Waals surface area (Å²) in [6.07, 6.45) is 0. The molecule has 0 bridgehead atoms. The Hall–Kier alpha value is -4.88. The van der Waals surface area contributed by atoms with Crippen molar-refractivity contribution in [2.45, 2.75) is 9.79 Å². The van der Waals surface area contributed by atoms with E-state index in [2.05, 4.69) is 115 Å². The van der Waals surface area contributed by atoms with E-state index in [9.17, 15) is 0 Å². The van der Waals surface area contributed by atoms with E-state index in [1.165, 1.54) is 37.9 Å². The molecule has 0 amide bonds. The Bertz CT molecular complexity index is 2460. The van der Waals surface area contributed by atoms with Gasteiger partial charge in [-0.2, -0.15) is 0 Å². The first-order valence-corrected chi connectivity index (χ1v) is 17.7. The van der Waals surface area contributed by atoms with Crippen LogP contribution in [0.25, 0.3) is 54.6 Å². The van der Waals surface area contributed by atoms with E-state index in [0.717, 1.165) is 42.4 Å². The second-order valence-electron chi connectivity index (χ2n) is 11.6. The third kappa shape index (κ3) is 4.14. The normalized spacial score (nSPS) is 15.6. The van der Waals surface area contributed by atoms with Crippen LogP contribution in [-0.2, 0) is 4.57 Å². The zero-order chi connectivity index (χ0) is 30.0. The van der Waals surface area contributed by atoms with Gasteiger partial charge in [0.15, 0.2) is 7.14 Å². The zero-order valence-corrected chi connectivity index (χ0v) is 26.1. The second-order valence-corrected chi connectivity index (χ2v) is 15.4. The fraction of sp³-hybridized carbons (Fsp3) is 0. The molecule has 0 aromatic heterocycles. The van der Waals surface area contributed by atoms with E-state index >= 15 is 4.57 Å². The summed E-state index contributed by atoms with van der Waals surface area (Å²) >= 11 is 1.71. The molecule has 9 rings (SSSR count). The van der Waals surface area contributed by atoms with Gasteiger partial charge in [-0.3, -0.25) is 0 Å². The van der Waals surface area contributed by atoms with E-state index in [1.807, 2.05) is 48.5 Å². The fourth-order valence-corrected chi connectivity index (χ4v) is 11.7. The molecule has 1 aliphatic heterocycles. The highest BCUT2D eigenvalue weighted by Gasteiger charge is 2.38. The quantitative estimate of drug-likeness (QED) is 0.146. The molecular weight excluding hydrogens is 584 g/mol. The van der Waals surface area contributed by atoms with Gasteiger partial charge in [0.05, 0.1) is 0 Å². The lowest BCUT2D eigenvalue weighted by atomic mass is 9.91. The van der Waals surface area contributed by atoms with Crippen LogP contribution >= 0.6 is 18.9 Å². The monoisotopic (exact) mass is 610 g/mol. The van der Waals surface area contributed by atoms with Crippen LogP contribution in [0.1, 0.15) is 0 Å². The van der Waals surface area contributed by atoms with Crippen LogP contribution in [0.5, 0.6) is 0 Å². The van der Waals surface area contributed by atoms with Gasteiger partial charge in [0.1, 0.15) is 0 Å². The third-order valence-corrected chi connectivity index (χ3v) is 13.7. The van der Waals surface area contributed by atoms with Gasteiger partial charge in [-0.15, -0.1) is 0 Å². The highest BCUT2D eigenvalue weighted by Crippen LogP contribution is 2.52. The molecule has 0 saturated heterocycles. The maximum Gasteiger partial charge on any atom is 0.173 e.